The number of hydrogen-bond donors (Lipinski definition) is 3. The van der Waals surface area contributed by atoms with Crippen LogP contribution in [-0.2, 0) is 6.54 Å². The SMILES string of the molecule is CCNCc1cncc(-c2cnc3n[nH]c(-c4cc5c(-c6cc(F)cc(OCCN(C)C)c6)nccc5[nH]4)c3c2)c1. The fraction of sp³-hybridized carbons (Fsp3) is 0.226. The van der Waals surface area contributed by atoms with Crippen molar-refractivity contribution in [1.82, 2.24) is 40.3 Å². The molecule has 5 heterocycles. The van der Waals surface area contributed by atoms with Gasteiger partial charge < -0.3 is 19.9 Å². The molecule has 3 N–H and O–H groups in total. The lowest BCUT2D eigenvalue weighted by molar-refractivity contribution is 0.260. The van der Waals surface area contributed by atoms with Gasteiger partial charge in [-0.2, -0.15) is 5.10 Å². The van der Waals surface area contributed by atoms with Crippen LogP contribution < -0.4 is 10.1 Å². The van der Waals surface area contributed by atoms with Crippen molar-refractivity contribution in [1.29, 1.82) is 0 Å². The molecule has 0 saturated carbocycles. The third-order valence-electron chi connectivity index (χ3n) is 6.89. The third-order valence-corrected chi connectivity index (χ3v) is 6.89. The largest absolute Gasteiger partial charge is 0.492 e. The van der Waals surface area contributed by atoms with Crippen LogP contribution >= 0.6 is 0 Å². The summed E-state index contributed by atoms with van der Waals surface area (Å²) in [5.74, 6) is 0.0951. The first kappa shape index (κ1) is 26.5. The molecule has 5 aromatic heterocycles. The number of ether oxygens (including phenoxy) is 1. The Hall–Kier alpha value is -4.67. The normalized spacial score (nSPS) is 11.6. The van der Waals surface area contributed by atoms with E-state index in [9.17, 15) is 4.39 Å². The summed E-state index contributed by atoms with van der Waals surface area (Å²) in [5.41, 5.74) is 7.46. The second-order valence-electron chi connectivity index (χ2n) is 10.2. The highest BCUT2D eigenvalue weighted by Gasteiger charge is 2.16. The van der Waals surface area contributed by atoms with Crippen LogP contribution in [-0.4, -0.2) is 68.8 Å². The van der Waals surface area contributed by atoms with Crippen molar-refractivity contribution in [2.24, 2.45) is 0 Å². The fourth-order valence-electron chi connectivity index (χ4n) is 4.82. The molecular formula is C31H31FN8O. The van der Waals surface area contributed by atoms with E-state index in [1.165, 1.54) is 12.1 Å². The van der Waals surface area contributed by atoms with E-state index in [1.54, 1.807) is 6.20 Å². The minimum atomic E-state index is -0.376. The lowest BCUT2D eigenvalue weighted by Crippen LogP contribution is -2.19. The Labute approximate surface area is 236 Å². The second kappa shape index (κ2) is 11.4. The summed E-state index contributed by atoms with van der Waals surface area (Å²) in [6, 6.07) is 12.8. The Balaban J connectivity index is 1.37. The van der Waals surface area contributed by atoms with Gasteiger partial charge in [0.15, 0.2) is 5.65 Å². The van der Waals surface area contributed by atoms with Gasteiger partial charge in [-0.05, 0) is 62.6 Å². The Morgan fingerprint density at radius 3 is 2.68 bits per heavy atom. The predicted octanol–water partition coefficient (Wildman–Crippen LogP) is 5.42. The van der Waals surface area contributed by atoms with E-state index in [2.05, 4.69) is 54.5 Å². The van der Waals surface area contributed by atoms with Gasteiger partial charge in [0.2, 0.25) is 0 Å². The number of aromatic amines is 2. The molecule has 0 bridgehead atoms. The summed E-state index contributed by atoms with van der Waals surface area (Å²) in [4.78, 5) is 19.1. The molecular weight excluding hydrogens is 519 g/mol. The Kier molecular flexibility index (Phi) is 7.41. The summed E-state index contributed by atoms with van der Waals surface area (Å²) in [6.07, 6.45) is 7.25. The number of aromatic nitrogens is 6. The molecule has 0 amide bonds. The van der Waals surface area contributed by atoms with E-state index in [1.807, 2.05) is 55.8 Å². The van der Waals surface area contributed by atoms with Gasteiger partial charge >= 0.3 is 0 Å². The first-order chi connectivity index (χ1) is 20.0. The number of nitrogens with zero attached hydrogens (tertiary/aromatic N) is 5. The number of benzene rings is 1. The maximum Gasteiger partial charge on any atom is 0.181 e. The van der Waals surface area contributed by atoms with Crippen LogP contribution in [0.15, 0.2) is 67.3 Å². The zero-order chi connectivity index (χ0) is 28.3. The third kappa shape index (κ3) is 5.65. The van der Waals surface area contributed by atoms with E-state index in [0.717, 1.165) is 64.0 Å². The molecule has 0 unspecified atom stereocenters. The highest BCUT2D eigenvalue weighted by Crippen LogP contribution is 2.35. The van der Waals surface area contributed by atoms with E-state index in [-0.39, 0.29) is 5.82 Å². The Bertz CT molecular complexity index is 1830. The Morgan fingerprint density at radius 2 is 1.83 bits per heavy atom. The summed E-state index contributed by atoms with van der Waals surface area (Å²) < 4.78 is 20.4. The van der Waals surface area contributed by atoms with Crippen LogP contribution in [0.1, 0.15) is 12.5 Å². The summed E-state index contributed by atoms with van der Waals surface area (Å²) >= 11 is 0. The average Bonchev–Trinajstić information content (AvgIpc) is 3.59. The molecule has 0 atom stereocenters. The number of H-pyrrole nitrogens is 2. The topological polar surface area (TPSA) is 108 Å². The molecule has 0 aliphatic carbocycles. The number of fused-ring (bicyclic) bond motifs is 2. The number of hydrogen-bond acceptors (Lipinski definition) is 7. The first-order valence-electron chi connectivity index (χ1n) is 13.5. The van der Waals surface area contributed by atoms with Crippen LogP contribution in [0.5, 0.6) is 5.75 Å². The van der Waals surface area contributed by atoms with Gasteiger partial charge in [0.25, 0.3) is 0 Å². The standard InChI is InChI=1S/C31H31FN8O/c1-4-33-15-19-9-21(17-34-16-19)22-12-26-30(38-39-31(26)36-18-22)28-14-25-27(37-28)5-6-35-29(25)20-10-23(32)13-24(11-20)41-8-7-40(2)3/h5-6,9-14,16-18,33,37H,4,7-8,15H2,1-3H3,(H,36,38,39). The molecule has 10 heteroatoms. The van der Waals surface area contributed by atoms with Crippen LogP contribution in [0.4, 0.5) is 4.39 Å². The van der Waals surface area contributed by atoms with Crippen LogP contribution in [0.3, 0.4) is 0 Å². The molecule has 9 nitrogen and oxygen atoms in total. The minimum absolute atomic E-state index is 0.376. The van der Waals surface area contributed by atoms with Crippen molar-refractivity contribution in [3.63, 3.8) is 0 Å². The quantitative estimate of drug-likeness (QED) is 0.209. The number of pyridine rings is 3. The zero-order valence-corrected chi connectivity index (χ0v) is 23.2. The lowest BCUT2D eigenvalue weighted by atomic mass is 10.1. The lowest BCUT2D eigenvalue weighted by Gasteiger charge is -2.12. The van der Waals surface area contributed by atoms with E-state index < -0.39 is 0 Å². The monoisotopic (exact) mass is 550 g/mol. The van der Waals surface area contributed by atoms with Gasteiger partial charge in [-0.15, -0.1) is 0 Å². The maximum atomic E-state index is 14.6. The van der Waals surface area contributed by atoms with Crippen molar-refractivity contribution in [3.05, 3.63) is 78.6 Å². The number of rotatable bonds is 10. The van der Waals surface area contributed by atoms with Gasteiger partial charge in [0.1, 0.15) is 18.2 Å². The first-order valence-corrected chi connectivity index (χ1v) is 13.5. The highest BCUT2D eigenvalue weighted by molar-refractivity contribution is 6.00. The molecule has 41 heavy (non-hydrogen) atoms. The molecule has 208 valence electrons. The van der Waals surface area contributed by atoms with E-state index in [4.69, 9.17) is 4.74 Å². The molecule has 6 rings (SSSR count). The summed E-state index contributed by atoms with van der Waals surface area (Å²) in [5, 5.41) is 12.7. The van der Waals surface area contributed by atoms with Gasteiger partial charge in [-0.3, -0.25) is 15.1 Å². The molecule has 0 aliphatic rings. The van der Waals surface area contributed by atoms with Gasteiger partial charge in [0.05, 0.1) is 17.1 Å². The maximum absolute atomic E-state index is 14.6. The van der Waals surface area contributed by atoms with Crippen LogP contribution in [0.25, 0.3) is 55.7 Å². The second-order valence-corrected chi connectivity index (χ2v) is 10.2. The summed E-state index contributed by atoms with van der Waals surface area (Å²) in [7, 11) is 3.93. The van der Waals surface area contributed by atoms with Crippen molar-refractivity contribution in [2.75, 3.05) is 33.8 Å². The minimum Gasteiger partial charge on any atom is -0.492 e. The molecule has 0 saturated heterocycles. The highest BCUT2D eigenvalue weighted by atomic mass is 19.1. The van der Waals surface area contributed by atoms with Crippen molar-refractivity contribution in [3.8, 4) is 39.5 Å². The van der Waals surface area contributed by atoms with E-state index >= 15 is 0 Å². The number of nitrogens with one attached hydrogen (secondary N) is 3. The van der Waals surface area contributed by atoms with Crippen molar-refractivity contribution in [2.45, 2.75) is 13.5 Å². The van der Waals surface area contributed by atoms with Gasteiger partial charge in [0, 0.05) is 76.9 Å². The Morgan fingerprint density at radius 1 is 0.951 bits per heavy atom. The molecule has 0 fully saturated rings. The van der Waals surface area contributed by atoms with Crippen molar-refractivity contribution < 1.29 is 9.13 Å². The molecule has 6 aromatic rings. The molecule has 0 radical (unpaired) electrons. The van der Waals surface area contributed by atoms with Crippen molar-refractivity contribution >= 4 is 21.9 Å². The zero-order valence-electron chi connectivity index (χ0n) is 23.2. The number of likely N-dealkylation sites (N-methyl/N-ethyl adjacent to an activating group) is 1. The predicted molar refractivity (Wildman–Crippen MR) is 159 cm³/mol. The number of halogens is 1. The van der Waals surface area contributed by atoms with Gasteiger partial charge in [-0.1, -0.05) is 6.92 Å². The molecule has 1 aromatic carbocycles. The van der Waals surface area contributed by atoms with Crippen LogP contribution in [0, 0.1) is 5.82 Å². The van der Waals surface area contributed by atoms with E-state index in [0.29, 0.717) is 29.3 Å². The van der Waals surface area contributed by atoms with Crippen LogP contribution in [0.2, 0.25) is 0 Å². The smallest absolute Gasteiger partial charge is 0.181 e. The molecule has 0 spiro atoms. The average molecular weight is 551 g/mol. The fourth-order valence-corrected chi connectivity index (χ4v) is 4.82. The molecule has 0 aliphatic heterocycles. The van der Waals surface area contributed by atoms with Gasteiger partial charge in [-0.25, -0.2) is 9.37 Å². The summed E-state index contributed by atoms with van der Waals surface area (Å²) in [6.45, 7) is 4.91.